The van der Waals surface area contributed by atoms with Gasteiger partial charge in [-0.3, -0.25) is 15.0 Å². The first-order valence-electron chi connectivity index (χ1n) is 9.18. The second-order valence-electron chi connectivity index (χ2n) is 7.07. The van der Waals surface area contributed by atoms with Crippen LogP contribution >= 0.6 is 0 Å². The lowest BCUT2D eigenvalue weighted by atomic mass is 9.77. The molecular formula is C19H25N3O5. The van der Waals surface area contributed by atoms with Crippen molar-refractivity contribution in [1.29, 1.82) is 0 Å². The van der Waals surface area contributed by atoms with Crippen LogP contribution in [0.1, 0.15) is 49.9 Å². The second kappa shape index (κ2) is 7.46. The van der Waals surface area contributed by atoms with Gasteiger partial charge >= 0.3 is 6.03 Å². The summed E-state index contributed by atoms with van der Waals surface area (Å²) in [7, 11) is 1.48. The minimum Gasteiger partial charge on any atom is -0.493 e. The van der Waals surface area contributed by atoms with E-state index in [9.17, 15) is 14.4 Å². The van der Waals surface area contributed by atoms with Crippen LogP contribution in [-0.2, 0) is 4.79 Å². The molecule has 0 bridgehead atoms. The normalized spacial score (nSPS) is 24.7. The van der Waals surface area contributed by atoms with Crippen LogP contribution in [0.25, 0.3) is 0 Å². The van der Waals surface area contributed by atoms with E-state index in [4.69, 9.17) is 9.47 Å². The maximum absolute atomic E-state index is 12.8. The molecule has 0 atom stereocenters. The van der Waals surface area contributed by atoms with E-state index < -0.39 is 23.4 Å². The van der Waals surface area contributed by atoms with Crippen LogP contribution in [0.3, 0.4) is 0 Å². The molecule has 2 N–H and O–H groups in total. The van der Waals surface area contributed by atoms with Crippen molar-refractivity contribution < 1.29 is 23.9 Å². The molecule has 8 heteroatoms. The van der Waals surface area contributed by atoms with Gasteiger partial charge in [0.1, 0.15) is 5.54 Å². The number of benzene rings is 1. The summed E-state index contributed by atoms with van der Waals surface area (Å²) < 4.78 is 10.7. The average Bonchev–Trinajstić information content (AvgIpc) is 2.89. The largest absolute Gasteiger partial charge is 0.493 e. The van der Waals surface area contributed by atoms with Gasteiger partial charge in [0.25, 0.3) is 11.8 Å². The molecule has 1 saturated carbocycles. The van der Waals surface area contributed by atoms with Crippen LogP contribution < -0.4 is 20.2 Å². The molecule has 0 radical (unpaired) electrons. The zero-order valence-electron chi connectivity index (χ0n) is 15.8. The summed E-state index contributed by atoms with van der Waals surface area (Å²) in [4.78, 5) is 37.7. The van der Waals surface area contributed by atoms with Gasteiger partial charge in [-0.25, -0.2) is 4.79 Å². The topological polar surface area (TPSA) is 97.0 Å². The Bertz CT molecular complexity index is 756. The number of carbonyl (C=O) groups is 3. The van der Waals surface area contributed by atoms with E-state index in [1.54, 1.807) is 12.1 Å². The number of ether oxygens (including phenoxy) is 2. The fraction of sp³-hybridized carbons (Fsp3) is 0.526. The van der Waals surface area contributed by atoms with Crippen molar-refractivity contribution in [3.8, 4) is 11.5 Å². The lowest BCUT2D eigenvalue weighted by molar-refractivity contribution is -0.134. The monoisotopic (exact) mass is 375 g/mol. The van der Waals surface area contributed by atoms with Crippen molar-refractivity contribution in [2.75, 3.05) is 13.7 Å². The Morgan fingerprint density at radius 2 is 2.00 bits per heavy atom. The number of hydrogen-bond acceptors (Lipinski definition) is 5. The fourth-order valence-electron chi connectivity index (χ4n) is 3.57. The predicted molar refractivity (Wildman–Crippen MR) is 97.4 cm³/mol. The SMILES string of the molecule is CCOc1ccc(C(=O)NN2C(=O)NC3(CCC(C)CC3)C2=O)cc1OC. The molecule has 27 heavy (non-hydrogen) atoms. The van der Waals surface area contributed by atoms with Crippen molar-refractivity contribution in [3.05, 3.63) is 23.8 Å². The maximum Gasteiger partial charge on any atom is 0.344 e. The summed E-state index contributed by atoms with van der Waals surface area (Å²) in [6.45, 7) is 4.44. The van der Waals surface area contributed by atoms with E-state index in [1.807, 2.05) is 6.92 Å². The Hall–Kier alpha value is -2.77. The van der Waals surface area contributed by atoms with Gasteiger partial charge in [0, 0.05) is 5.56 Å². The van der Waals surface area contributed by atoms with E-state index >= 15 is 0 Å². The molecule has 1 aromatic carbocycles. The summed E-state index contributed by atoms with van der Waals surface area (Å²) >= 11 is 0. The molecule has 4 amide bonds. The number of rotatable bonds is 5. The summed E-state index contributed by atoms with van der Waals surface area (Å²) in [5.41, 5.74) is 1.78. The van der Waals surface area contributed by atoms with Crippen molar-refractivity contribution in [2.45, 2.75) is 45.1 Å². The van der Waals surface area contributed by atoms with E-state index in [0.717, 1.165) is 17.9 Å². The Morgan fingerprint density at radius 1 is 1.30 bits per heavy atom. The third-order valence-corrected chi connectivity index (χ3v) is 5.23. The van der Waals surface area contributed by atoms with Gasteiger partial charge < -0.3 is 14.8 Å². The smallest absolute Gasteiger partial charge is 0.344 e. The quantitative estimate of drug-likeness (QED) is 0.770. The number of hydrazine groups is 1. The summed E-state index contributed by atoms with van der Waals surface area (Å²) in [5, 5.41) is 3.57. The highest BCUT2D eigenvalue weighted by Crippen LogP contribution is 2.36. The highest BCUT2D eigenvalue weighted by atomic mass is 16.5. The lowest BCUT2D eigenvalue weighted by Crippen LogP contribution is -2.51. The molecule has 3 rings (SSSR count). The second-order valence-corrected chi connectivity index (χ2v) is 7.07. The van der Waals surface area contributed by atoms with Gasteiger partial charge in [-0.05, 0) is 56.7 Å². The molecule has 8 nitrogen and oxygen atoms in total. The molecule has 146 valence electrons. The molecule has 1 spiro atoms. The number of urea groups is 1. The van der Waals surface area contributed by atoms with Crippen LogP contribution in [0.15, 0.2) is 18.2 Å². The third kappa shape index (κ3) is 3.56. The van der Waals surface area contributed by atoms with E-state index in [-0.39, 0.29) is 5.56 Å². The first-order chi connectivity index (χ1) is 12.9. The summed E-state index contributed by atoms with van der Waals surface area (Å²) in [6.07, 6.45) is 2.90. The van der Waals surface area contributed by atoms with E-state index in [0.29, 0.717) is 36.9 Å². The van der Waals surface area contributed by atoms with Gasteiger partial charge in [0.15, 0.2) is 11.5 Å². The van der Waals surface area contributed by atoms with Crippen LogP contribution in [0.2, 0.25) is 0 Å². The van der Waals surface area contributed by atoms with Crippen molar-refractivity contribution >= 4 is 17.8 Å². The molecule has 0 aromatic heterocycles. The van der Waals surface area contributed by atoms with Crippen molar-refractivity contribution in [1.82, 2.24) is 15.8 Å². The Kier molecular flexibility index (Phi) is 5.25. The third-order valence-electron chi connectivity index (χ3n) is 5.23. The predicted octanol–water partition coefficient (Wildman–Crippen LogP) is 2.24. The van der Waals surface area contributed by atoms with Gasteiger partial charge in [-0.1, -0.05) is 6.92 Å². The zero-order valence-corrected chi connectivity index (χ0v) is 15.8. The first-order valence-corrected chi connectivity index (χ1v) is 9.18. The number of imide groups is 1. The number of amides is 4. The number of methoxy groups -OCH3 is 1. The Labute approximate surface area is 158 Å². The van der Waals surface area contributed by atoms with Crippen LogP contribution in [0.4, 0.5) is 4.79 Å². The van der Waals surface area contributed by atoms with Crippen LogP contribution in [-0.4, -0.2) is 42.1 Å². The number of nitrogens with zero attached hydrogens (tertiary/aromatic N) is 1. The van der Waals surface area contributed by atoms with Crippen molar-refractivity contribution in [2.24, 2.45) is 5.92 Å². The highest BCUT2D eigenvalue weighted by Gasteiger charge is 2.52. The molecule has 2 aliphatic rings. The van der Waals surface area contributed by atoms with E-state index in [2.05, 4.69) is 17.7 Å². The molecule has 1 aliphatic heterocycles. The van der Waals surface area contributed by atoms with Gasteiger partial charge in [-0.2, -0.15) is 5.01 Å². The molecule has 1 saturated heterocycles. The number of carbonyl (C=O) groups excluding carboxylic acids is 3. The first kappa shape index (κ1) is 19.0. The molecule has 1 heterocycles. The minimum absolute atomic E-state index is 0.258. The number of nitrogens with one attached hydrogen (secondary N) is 2. The Morgan fingerprint density at radius 3 is 2.63 bits per heavy atom. The molecule has 2 fully saturated rings. The van der Waals surface area contributed by atoms with Crippen LogP contribution in [0, 0.1) is 5.92 Å². The van der Waals surface area contributed by atoms with Gasteiger partial charge in [-0.15, -0.1) is 0 Å². The molecular weight excluding hydrogens is 350 g/mol. The average molecular weight is 375 g/mol. The van der Waals surface area contributed by atoms with Gasteiger partial charge in [0.05, 0.1) is 13.7 Å². The minimum atomic E-state index is -0.895. The molecule has 1 aliphatic carbocycles. The number of hydrogen-bond donors (Lipinski definition) is 2. The van der Waals surface area contributed by atoms with Crippen LogP contribution in [0.5, 0.6) is 11.5 Å². The molecule has 0 unspecified atom stereocenters. The fourth-order valence-corrected chi connectivity index (χ4v) is 3.57. The van der Waals surface area contributed by atoms with Crippen molar-refractivity contribution in [3.63, 3.8) is 0 Å². The summed E-state index contributed by atoms with van der Waals surface area (Å²) in [5.74, 6) is 0.480. The lowest BCUT2D eigenvalue weighted by Gasteiger charge is -2.33. The molecule has 1 aromatic rings. The Balaban J connectivity index is 1.74. The zero-order chi connectivity index (χ0) is 19.6. The maximum atomic E-state index is 12.8. The van der Waals surface area contributed by atoms with E-state index in [1.165, 1.54) is 13.2 Å². The van der Waals surface area contributed by atoms with Gasteiger partial charge in [0.2, 0.25) is 0 Å². The summed E-state index contributed by atoms with van der Waals surface area (Å²) in [6, 6.07) is 4.09. The standard InChI is InChI=1S/C19H25N3O5/c1-4-27-14-6-5-13(11-15(14)26-3)16(23)21-22-17(24)19(20-18(22)25)9-7-12(2)8-10-19/h5-6,11-12H,4,7-10H2,1-3H3,(H,20,25)(H,21,23). The highest BCUT2D eigenvalue weighted by molar-refractivity contribution is 6.09.